The summed E-state index contributed by atoms with van der Waals surface area (Å²) in [5.41, 5.74) is -6.32. The molecule has 1 aromatic carbocycles. The number of carbonyl (C=O) groups is 3. The Morgan fingerprint density at radius 1 is 0.867 bits per heavy atom. The Morgan fingerprint density at radius 3 is 1.78 bits per heavy atom. The number of aromatic hydroxyl groups is 1. The zero-order valence-electron chi connectivity index (χ0n) is 26.6. The van der Waals surface area contributed by atoms with Gasteiger partial charge in [-0.05, 0) is 95.8 Å². The molecule has 2 N–H and O–H groups in total. The van der Waals surface area contributed by atoms with Crippen molar-refractivity contribution in [3.8, 4) is 5.75 Å². The maximum Gasteiger partial charge on any atom is 0.437 e. The Kier molecular flexibility index (Phi) is 13.8. The van der Waals surface area contributed by atoms with Crippen LogP contribution in [0.2, 0.25) is 0 Å². The number of ether oxygens (including phenoxy) is 3. The SMILES string of the molecule is CCC(C)(C)C(=O)OC1CCC(C(C)(C)OC(=O)COC(=O)C(O)(C(F)(F)F)C(F)(F)F)CC1.CCC(C)c1ccc(O)cc1. The first-order chi connectivity index (χ1) is 20.4. The highest BCUT2D eigenvalue weighted by molar-refractivity contribution is 5.84. The number of hydrogen-bond acceptors (Lipinski definition) is 8. The molecule has 0 aromatic heterocycles. The molecule has 0 aliphatic heterocycles. The van der Waals surface area contributed by atoms with Crippen LogP contribution in [0.5, 0.6) is 5.75 Å². The van der Waals surface area contributed by atoms with E-state index in [9.17, 15) is 40.7 Å². The molecule has 0 radical (unpaired) electrons. The van der Waals surface area contributed by atoms with E-state index in [1.165, 1.54) is 19.4 Å². The van der Waals surface area contributed by atoms with E-state index in [1.807, 2.05) is 19.1 Å². The van der Waals surface area contributed by atoms with Gasteiger partial charge in [0.15, 0.2) is 6.61 Å². The molecule has 0 spiro atoms. The molecule has 8 nitrogen and oxygen atoms in total. The van der Waals surface area contributed by atoms with Crippen LogP contribution < -0.4 is 0 Å². The van der Waals surface area contributed by atoms with Crippen LogP contribution in [0.3, 0.4) is 0 Å². The van der Waals surface area contributed by atoms with Crippen LogP contribution in [0.4, 0.5) is 26.3 Å². The second-order valence-corrected chi connectivity index (χ2v) is 12.4. The average molecular weight is 659 g/mol. The largest absolute Gasteiger partial charge is 0.508 e. The highest BCUT2D eigenvalue weighted by Crippen LogP contribution is 2.44. The lowest BCUT2D eigenvalue weighted by Gasteiger charge is -2.39. The Morgan fingerprint density at radius 2 is 1.36 bits per heavy atom. The van der Waals surface area contributed by atoms with E-state index in [4.69, 9.17) is 19.7 Å². The first-order valence-electron chi connectivity index (χ1n) is 14.7. The minimum Gasteiger partial charge on any atom is -0.508 e. The second-order valence-electron chi connectivity index (χ2n) is 12.4. The minimum atomic E-state index is -6.42. The summed E-state index contributed by atoms with van der Waals surface area (Å²) in [4.78, 5) is 35.6. The summed E-state index contributed by atoms with van der Waals surface area (Å²) in [5, 5.41) is 18.0. The fourth-order valence-corrected chi connectivity index (χ4v) is 4.40. The van der Waals surface area contributed by atoms with Gasteiger partial charge in [0.25, 0.3) is 0 Å². The van der Waals surface area contributed by atoms with Gasteiger partial charge < -0.3 is 24.4 Å². The lowest BCUT2D eigenvalue weighted by atomic mass is 9.77. The third kappa shape index (κ3) is 10.8. The van der Waals surface area contributed by atoms with E-state index in [0.717, 1.165) is 6.42 Å². The maximum atomic E-state index is 12.7. The highest BCUT2D eigenvalue weighted by atomic mass is 19.4. The summed E-state index contributed by atoms with van der Waals surface area (Å²) >= 11 is 0. The Bertz CT molecular complexity index is 1110. The van der Waals surface area contributed by atoms with Crippen molar-refractivity contribution in [3.05, 3.63) is 29.8 Å². The zero-order chi connectivity index (χ0) is 35.0. The molecule has 0 saturated heterocycles. The van der Waals surface area contributed by atoms with Crippen molar-refractivity contribution in [2.24, 2.45) is 11.3 Å². The highest BCUT2D eigenvalue weighted by Gasteiger charge is 2.76. The van der Waals surface area contributed by atoms with Crippen LogP contribution in [0.15, 0.2) is 24.3 Å². The number of carbonyl (C=O) groups excluding carboxylic acids is 3. The Hall–Kier alpha value is -3.03. The van der Waals surface area contributed by atoms with E-state index >= 15 is 0 Å². The summed E-state index contributed by atoms with van der Waals surface area (Å²) in [6.45, 7) is 11.2. The number of alkyl halides is 6. The van der Waals surface area contributed by atoms with Crippen molar-refractivity contribution >= 4 is 17.9 Å². The summed E-state index contributed by atoms with van der Waals surface area (Å²) in [7, 11) is 0. The quantitative estimate of drug-likeness (QED) is 0.155. The molecule has 1 aliphatic carbocycles. The molecular formula is C31H44F6O8. The van der Waals surface area contributed by atoms with Crippen LogP contribution >= 0.6 is 0 Å². The van der Waals surface area contributed by atoms with E-state index < -0.39 is 47.5 Å². The van der Waals surface area contributed by atoms with Crippen LogP contribution in [0, 0.1) is 11.3 Å². The van der Waals surface area contributed by atoms with Crippen molar-refractivity contribution in [1.82, 2.24) is 0 Å². The number of aliphatic hydroxyl groups is 1. The van der Waals surface area contributed by atoms with E-state index in [1.54, 1.807) is 26.0 Å². The molecule has 45 heavy (non-hydrogen) atoms. The topological polar surface area (TPSA) is 119 Å². The number of rotatable bonds is 10. The van der Waals surface area contributed by atoms with Crippen molar-refractivity contribution in [1.29, 1.82) is 0 Å². The van der Waals surface area contributed by atoms with Crippen molar-refractivity contribution < 1.29 is 65.1 Å². The number of hydrogen-bond donors (Lipinski definition) is 2. The van der Waals surface area contributed by atoms with E-state index in [0.29, 0.717) is 43.8 Å². The first-order valence-corrected chi connectivity index (χ1v) is 14.7. The van der Waals surface area contributed by atoms with Gasteiger partial charge in [0.1, 0.15) is 17.5 Å². The Balaban J connectivity index is 0.000000768. The molecule has 1 aliphatic rings. The molecular weight excluding hydrogens is 614 g/mol. The molecule has 1 fully saturated rings. The van der Waals surface area contributed by atoms with Crippen LogP contribution in [-0.2, 0) is 28.6 Å². The molecule has 14 heteroatoms. The lowest BCUT2D eigenvalue weighted by Crippen LogP contribution is -2.63. The summed E-state index contributed by atoms with van der Waals surface area (Å²) in [6, 6.07) is 7.43. The van der Waals surface area contributed by atoms with Gasteiger partial charge in [0.05, 0.1) is 5.41 Å². The molecule has 258 valence electrons. The molecule has 0 heterocycles. The number of phenolic OH excluding ortho intramolecular Hbond substituents is 1. The number of benzene rings is 1. The lowest BCUT2D eigenvalue weighted by molar-refractivity contribution is -0.356. The number of esters is 3. The van der Waals surface area contributed by atoms with E-state index in [-0.39, 0.29) is 18.0 Å². The zero-order valence-corrected chi connectivity index (χ0v) is 26.6. The van der Waals surface area contributed by atoms with Gasteiger partial charge >= 0.3 is 35.9 Å². The molecule has 0 amide bonds. The molecule has 1 aromatic rings. The fraction of sp³-hybridized carbons (Fsp3) is 0.710. The van der Waals surface area contributed by atoms with Gasteiger partial charge in [-0.25, -0.2) is 9.59 Å². The predicted molar refractivity (Wildman–Crippen MR) is 151 cm³/mol. The molecule has 1 saturated carbocycles. The van der Waals surface area contributed by atoms with Gasteiger partial charge in [0, 0.05) is 0 Å². The van der Waals surface area contributed by atoms with Gasteiger partial charge in [-0.1, -0.05) is 32.9 Å². The summed E-state index contributed by atoms with van der Waals surface area (Å²) in [5.74, 6) is -4.12. The third-order valence-corrected chi connectivity index (χ3v) is 8.26. The number of phenols is 1. The molecule has 1 atom stereocenters. The van der Waals surface area contributed by atoms with Crippen molar-refractivity contribution in [3.63, 3.8) is 0 Å². The maximum absolute atomic E-state index is 12.7. The van der Waals surface area contributed by atoms with Crippen LogP contribution in [0.25, 0.3) is 0 Å². The minimum absolute atomic E-state index is 0.261. The van der Waals surface area contributed by atoms with Crippen molar-refractivity contribution in [2.75, 3.05) is 6.61 Å². The molecule has 1 unspecified atom stereocenters. The van der Waals surface area contributed by atoms with Gasteiger partial charge in [-0.2, -0.15) is 26.3 Å². The van der Waals surface area contributed by atoms with Crippen molar-refractivity contribution in [2.45, 2.75) is 123 Å². The number of halogens is 6. The second kappa shape index (κ2) is 15.5. The summed E-state index contributed by atoms with van der Waals surface area (Å²) < 4.78 is 90.5. The standard InChI is InChI=1S/C21H30F6O7.C10H14O/c1-6-17(2,3)15(29)33-13-9-7-12(8-10-13)18(4,5)34-14(28)11-32-16(30)19(31,20(22,23)24)21(25,26)27;1-3-8(2)9-4-6-10(11)7-5-9/h12-13,31H,6-11H2,1-5H3;4-8,11H,3H2,1-2H3. The van der Waals surface area contributed by atoms with Gasteiger partial charge in [-0.3, -0.25) is 4.79 Å². The van der Waals surface area contributed by atoms with Gasteiger partial charge in [0.2, 0.25) is 0 Å². The summed E-state index contributed by atoms with van der Waals surface area (Å²) in [6.07, 6.45) is -9.56. The Labute approximate surface area is 259 Å². The monoisotopic (exact) mass is 658 g/mol. The van der Waals surface area contributed by atoms with Gasteiger partial charge in [-0.15, -0.1) is 0 Å². The third-order valence-electron chi connectivity index (χ3n) is 8.26. The molecule has 0 bridgehead atoms. The smallest absolute Gasteiger partial charge is 0.437 e. The van der Waals surface area contributed by atoms with E-state index in [2.05, 4.69) is 18.6 Å². The van der Waals surface area contributed by atoms with Crippen LogP contribution in [0.1, 0.15) is 98.5 Å². The predicted octanol–water partition coefficient (Wildman–Crippen LogP) is 7.15. The fourth-order valence-electron chi connectivity index (χ4n) is 4.40. The normalized spacial score (nSPS) is 18.6. The van der Waals surface area contributed by atoms with Crippen LogP contribution in [-0.4, -0.2) is 64.4 Å². The average Bonchev–Trinajstić information content (AvgIpc) is 2.94. The first kappa shape index (κ1) is 40.0. The molecule has 2 rings (SSSR count).